The highest BCUT2D eigenvalue weighted by atomic mass is 32.2. The Morgan fingerprint density at radius 1 is 1.12 bits per heavy atom. The minimum atomic E-state index is -0.0544. The van der Waals surface area contributed by atoms with Gasteiger partial charge in [-0.15, -0.1) is 22.0 Å². The number of carbonyl (C=O) groups excluding carboxylic acids is 1. The van der Waals surface area contributed by atoms with Gasteiger partial charge in [0.2, 0.25) is 11.7 Å². The van der Waals surface area contributed by atoms with Gasteiger partial charge in [0, 0.05) is 23.7 Å². The molecule has 0 bridgehead atoms. The largest absolute Gasteiger partial charge is 0.310 e. The maximum Gasteiger partial charge on any atom is 0.262 e. The Hall–Kier alpha value is -2.78. The molecule has 7 nitrogen and oxygen atoms in total. The van der Waals surface area contributed by atoms with E-state index in [0.717, 1.165) is 28.3 Å². The third-order valence-electron chi connectivity index (χ3n) is 5.76. The first kappa shape index (κ1) is 22.0. The number of anilines is 1. The van der Waals surface area contributed by atoms with Gasteiger partial charge in [-0.25, -0.2) is 0 Å². The van der Waals surface area contributed by atoms with Crippen molar-refractivity contribution in [2.45, 2.75) is 36.9 Å². The van der Waals surface area contributed by atoms with E-state index in [1.54, 1.807) is 16.3 Å². The average Bonchev–Trinajstić information content (AvgIpc) is 3.26. The standard InChI is InChI=1S/C24H25N5O2S2/c1-16(2)11-12-28-22(31)17-7-3-4-8-18(17)29-23(28)25-26-24(29)33-15-21(30)27-13-14-32-20-10-6-5-9-19(20)27/h3-10,16H,11-15H2,1-2H3. The van der Waals surface area contributed by atoms with Crippen molar-refractivity contribution in [3.05, 3.63) is 58.9 Å². The number of rotatable bonds is 6. The van der Waals surface area contributed by atoms with Gasteiger partial charge in [-0.05, 0) is 36.6 Å². The second kappa shape index (κ2) is 9.23. The van der Waals surface area contributed by atoms with E-state index in [4.69, 9.17) is 0 Å². The number of hydrogen-bond acceptors (Lipinski definition) is 6. The summed E-state index contributed by atoms with van der Waals surface area (Å²) >= 11 is 3.14. The van der Waals surface area contributed by atoms with Crippen LogP contribution in [-0.4, -0.2) is 43.1 Å². The van der Waals surface area contributed by atoms with Crippen LogP contribution in [0, 0.1) is 5.92 Å². The number of fused-ring (bicyclic) bond motifs is 4. The lowest BCUT2D eigenvalue weighted by atomic mass is 10.1. The fourth-order valence-corrected chi connectivity index (χ4v) is 5.86. The molecule has 0 spiro atoms. The van der Waals surface area contributed by atoms with Gasteiger partial charge in [-0.3, -0.25) is 18.6 Å². The van der Waals surface area contributed by atoms with Crippen LogP contribution >= 0.6 is 23.5 Å². The molecule has 170 valence electrons. The van der Waals surface area contributed by atoms with Gasteiger partial charge < -0.3 is 4.90 Å². The average molecular weight is 480 g/mol. The highest BCUT2D eigenvalue weighted by Crippen LogP contribution is 2.35. The lowest BCUT2D eigenvalue weighted by Crippen LogP contribution is -2.36. The van der Waals surface area contributed by atoms with E-state index in [0.29, 0.717) is 35.3 Å². The third kappa shape index (κ3) is 4.15. The lowest BCUT2D eigenvalue weighted by molar-refractivity contribution is -0.116. The lowest BCUT2D eigenvalue weighted by Gasteiger charge is -2.28. The highest BCUT2D eigenvalue weighted by Gasteiger charge is 2.24. The predicted molar refractivity (Wildman–Crippen MR) is 134 cm³/mol. The van der Waals surface area contributed by atoms with Gasteiger partial charge in [0.15, 0.2) is 5.16 Å². The van der Waals surface area contributed by atoms with Gasteiger partial charge in [0.05, 0.1) is 22.3 Å². The molecule has 9 heteroatoms. The second-order valence-corrected chi connectivity index (χ2v) is 10.5. The molecular formula is C24H25N5O2S2. The smallest absolute Gasteiger partial charge is 0.262 e. The Labute approximate surface area is 200 Å². The quantitative estimate of drug-likeness (QED) is 0.384. The molecule has 0 atom stereocenters. The van der Waals surface area contributed by atoms with Crippen LogP contribution in [0.5, 0.6) is 0 Å². The van der Waals surface area contributed by atoms with Crippen molar-refractivity contribution < 1.29 is 4.79 Å². The molecule has 3 heterocycles. The molecule has 0 unspecified atom stereocenters. The third-order valence-corrected chi connectivity index (χ3v) is 7.72. The number of benzene rings is 2. The number of nitrogens with zero attached hydrogens (tertiary/aromatic N) is 5. The summed E-state index contributed by atoms with van der Waals surface area (Å²) in [7, 11) is 0. The summed E-state index contributed by atoms with van der Waals surface area (Å²) in [4.78, 5) is 29.3. The maximum atomic E-state index is 13.2. The van der Waals surface area contributed by atoms with Gasteiger partial charge in [-0.1, -0.05) is 49.9 Å². The minimum Gasteiger partial charge on any atom is -0.310 e. The van der Waals surface area contributed by atoms with E-state index in [1.807, 2.05) is 51.8 Å². The number of amides is 1. The van der Waals surface area contributed by atoms with Crippen LogP contribution in [0.25, 0.3) is 16.7 Å². The fraction of sp³-hybridized carbons (Fsp3) is 0.333. The van der Waals surface area contributed by atoms with Crippen LogP contribution in [0.1, 0.15) is 20.3 Å². The first-order valence-electron chi connectivity index (χ1n) is 11.1. The van der Waals surface area contributed by atoms with E-state index in [2.05, 4.69) is 30.1 Å². The van der Waals surface area contributed by atoms with Crippen LogP contribution in [0.4, 0.5) is 5.69 Å². The van der Waals surface area contributed by atoms with E-state index >= 15 is 0 Å². The topological polar surface area (TPSA) is 72.5 Å². The molecule has 2 aromatic heterocycles. The summed E-state index contributed by atoms with van der Waals surface area (Å²) in [5.41, 5.74) is 1.68. The van der Waals surface area contributed by atoms with Crippen molar-refractivity contribution in [1.82, 2.24) is 19.2 Å². The molecule has 4 aromatic rings. The molecule has 1 amide bonds. The van der Waals surface area contributed by atoms with Gasteiger partial charge in [-0.2, -0.15) is 0 Å². The number of carbonyl (C=O) groups is 1. The van der Waals surface area contributed by atoms with Crippen molar-refractivity contribution in [1.29, 1.82) is 0 Å². The van der Waals surface area contributed by atoms with Crippen molar-refractivity contribution in [3.63, 3.8) is 0 Å². The van der Waals surface area contributed by atoms with E-state index in [1.165, 1.54) is 11.8 Å². The summed E-state index contributed by atoms with van der Waals surface area (Å²) in [6, 6.07) is 15.5. The summed E-state index contributed by atoms with van der Waals surface area (Å²) in [5, 5.41) is 9.98. The number of thioether (sulfide) groups is 2. The van der Waals surface area contributed by atoms with Crippen LogP contribution in [0.2, 0.25) is 0 Å². The summed E-state index contributed by atoms with van der Waals surface area (Å²) in [6.07, 6.45) is 0.869. The number of para-hydroxylation sites is 2. The molecular weight excluding hydrogens is 454 g/mol. The number of aromatic nitrogens is 4. The first-order valence-corrected chi connectivity index (χ1v) is 13.0. The van der Waals surface area contributed by atoms with Crippen LogP contribution in [0.3, 0.4) is 0 Å². The molecule has 5 rings (SSSR count). The summed E-state index contributed by atoms with van der Waals surface area (Å²) in [6.45, 7) is 5.54. The van der Waals surface area contributed by atoms with E-state index < -0.39 is 0 Å². The van der Waals surface area contributed by atoms with Crippen molar-refractivity contribution in [2.24, 2.45) is 5.92 Å². The fourth-order valence-electron chi connectivity index (χ4n) is 4.05. The molecule has 0 aliphatic carbocycles. The Balaban J connectivity index is 1.48. The zero-order valence-corrected chi connectivity index (χ0v) is 20.2. The summed E-state index contributed by atoms with van der Waals surface area (Å²) < 4.78 is 3.62. The number of hydrogen-bond donors (Lipinski definition) is 0. The monoisotopic (exact) mass is 479 g/mol. The highest BCUT2D eigenvalue weighted by molar-refractivity contribution is 8.00. The molecule has 0 saturated heterocycles. The zero-order chi connectivity index (χ0) is 22.9. The molecule has 0 radical (unpaired) electrons. The Morgan fingerprint density at radius 2 is 1.91 bits per heavy atom. The Kier molecular flexibility index (Phi) is 6.16. The number of aryl methyl sites for hydroxylation is 1. The van der Waals surface area contributed by atoms with Gasteiger partial charge in [0.25, 0.3) is 5.56 Å². The van der Waals surface area contributed by atoms with Crippen molar-refractivity contribution >= 4 is 51.8 Å². The Bertz CT molecular complexity index is 1390. The SMILES string of the molecule is CC(C)CCn1c(=O)c2ccccc2n2c(SCC(=O)N3CCSc4ccccc43)nnc12. The molecule has 33 heavy (non-hydrogen) atoms. The minimum absolute atomic E-state index is 0.0435. The maximum absolute atomic E-state index is 13.2. The molecule has 1 aliphatic heterocycles. The van der Waals surface area contributed by atoms with Crippen LogP contribution in [-0.2, 0) is 11.3 Å². The van der Waals surface area contributed by atoms with Crippen LogP contribution < -0.4 is 10.5 Å². The molecule has 0 N–H and O–H groups in total. The van der Waals surface area contributed by atoms with E-state index in [9.17, 15) is 9.59 Å². The summed E-state index contributed by atoms with van der Waals surface area (Å²) in [5.74, 6) is 2.16. The first-order chi connectivity index (χ1) is 16.0. The predicted octanol–water partition coefficient (Wildman–Crippen LogP) is 4.32. The van der Waals surface area contributed by atoms with Gasteiger partial charge >= 0.3 is 0 Å². The molecule has 0 saturated carbocycles. The van der Waals surface area contributed by atoms with Crippen molar-refractivity contribution in [2.75, 3.05) is 23.0 Å². The zero-order valence-electron chi connectivity index (χ0n) is 18.6. The normalized spacial score (nSPS) is 13.7. The second-order valence-electron chi connectivity index (χ2n) is 8.42. The van der Waals surface area contributed by atoms with Gasteiger partial charge in [0.1, 0.15) is 0 Å². The van der Waals surface area contributed by atoms with Crippen LogP contribution in [0.15, 0.2) is 63.4 Å². The van der Waals surface area contributed by atoms with E-state index in [-0.39, 0.29) is 17.2 Å². The molecule has 2 aromatic carbocycles. The molecule has 1 aliphatic rings. The van der Waals surface area contributed by atoms with Crippen molar-refractivity contribution in [3.8, 4) is 0 Å². The Morgan fingerprint density at radius 3 is 2.76 bits per heavy atom. The molecule has 0 fully saturated rings.